The number of non-ortho nitro benzene ring substituents is 1. The van der Waals surface area contributed by atoms with E-state index >= 15 is 0 Å². The van der Waals surface area contributed by atoms with E-state index in [0.29, 0.717) is 17.8 Å². The summed E-state index contributed by atoms with van der Waals surface area (Å²) in [7, 11) is 0. The maximum Gasteiger partial charge on any atom is 0.302 e. The molecule has 4 aliphatic rings. The van der Waals surface area contributed by atoms with Gasteiger partial charge in [0, 0.05) is 30.9 Å². The molecule has 0 heterocycles. The summed E-state index contributed by atoms with van der Waals surface area (Å²) in [5.74, 6) is 1.41. The lowest BCUT2D eigenvalue weighted by molar-refractivity contribution is -0.384. The number of hydrogen-bond acceptors (Lipinski definition) is 5. The third-order valence-corrected chi connectivity index (χ3v) is 9.48. The summed E-state index contributed by atoms with van der Waals surface area (Å²) >= 11 is 0. The molecule has 5 rings (SSSR count). The van der Waals surface area contributed by atoms with Crippen molar-refractivity contribution < 1.29 is 19.2 Å². The fourth-order valence-electron chi connectivity index (χ4n) is 7.66. The van der Waals surface area contributed by atoms with Gasteiger partial charge in [0.2, 0.25) is 0 Å². The van der Waals surface area contributed by atoms with Crippen LogP contribution < -0.4 is 0 Å². The Kier molecular flexibility index (Phi) is 5.53. The van der Waals surface area contributed by atoms with Crippen molar-refractivity contribution in [3.05, 3.63) is 57.2 Å². The summed E-state index contributed by atoms with van der Waals surface area (Å²) < 4.78 is 5.54. The Morgan fingerprint density at radius 3 is 2.47 bits per heavy atom. The first-order valence-corrected chi connectivity index (χ1v) is 12.5. The van der Waals surface area contributed by atoms with E-state index in [2.05, 4.69) is 19.9 Å². The van der Waals surface area contributed by atoms with Crippen LogP contribution in [-0.4, -0.2) is 22.8 Å². The minimum absolute atomic E-state index is 0.00785. The average molecular weight is 464 g/mol. The SMILES string of the molecule is CC(=O)OC1CCC2(C)C(=CCC3C4C/C(=C/c5ccc([N+](=O)[O-])cc5)C(=O)C4(C)CCC32)C1. The molecule has 1 aromatic carbocycles. The summed E-state index contributed by atoms with van der Waals surface area (Å²) in [6.07, 6.45) is 10.8. The van der Waals surface area contributed by atoms with E-state index in [1.165, 1.54) is 24.6 Å². The predicted molar refractivity (Wildman–Crippen MR) is 129 cm³/mol. The molecule has 0 radical (unpaired) electrons. The van der Waals surface area contributed by atoms with Gasteiger partial charge in [-0.2, -0.15) is 0 Å². The van der Waals surface area contributed by atoms with Crippen LogP contribution in [-0.2, 0) is 14.3 Å². The maximum atomic E-state index is 13.6. The molecule has 4 aliphatic carbocycles. The van der Waals surface area contributed by atoms with Gasteiger partial charge in [-0.15, -0.1) is 0 Å². The largest absolute Gasteiger partial charge is 0.462 e. The molecule has 0 amide bonds. The number of nitro groups is 1. The zero-order chi connectivity index (χ0) is 24.3. The smallest absolute Gasteiger partial charge is 0.302 e. The van der Waals surface area contributed by atoms with E-state index in [4.69, 9.17) is 4.74 Å². The van der Waals surface area contributed by atoms with Crippen molar-refractivity contribution in [2.24, 2.45) is 28.6 Å². The van der Waals surface area contributed by atoms with Crippen LogP contribution in [0.15, 0.2) is 41.5 Å². The molecule has 0 bridgehead atoms. The standard InChI is InChI=1S/C28H33NO5/c1-17(30)34-22-10-12-27(2)20(16-22)6-9-23-24(27)11-13-28(3)25(23)15-19(26(28)31)14-18-4-7-21(8-5-18)29(32)33/h4-8,14,22-25H,9-13,15-16H2,1-3H3/b19-14-. The van der Waals surface area contributed by atoms with Gasteiger partial charge in [0.25, 0.3) is 5.69 Å². The number of carbonyl (C=O) groups excluding carboxylic acids is 2. The number of carbonyl (C=O) groups is 2. The number of ether oxygens (including phenoxy) is 1. The molecular formula is C28H33NO5. The van der Waals surface area contributed by atoms with E-state index < -0.39 is 4.92 Å². The molecule has 0 aliphatic heterocycles. The lowest BCUT2D eigenvalue weighted by Gasteiger charge is -2.56. The summed E-state index contributed by atoms with van der Waals surface area (Å²) in [6.45, 7) is 6.04. The van der Waals surface area contributed by atoms with Gasteiger partial charge < -0.3 is 4.74 Å². The van der Waals surface area contributed by atoms with Gasteiger partial charge in [0.05, 0.1) is 4.92 Å². The Hall–Kier alpha value is -2.76. The number of hydrogen-bond donors (Lipinski definition) is 0. The second kappa shape index (κ2) is 8.17. The molecule has 180 valence electrons. The van der Waals surface area contributed by atoms with Crippen molar-refractivity contribution in [3.63, 3.8) is 0 Å². The van der Waals surface area contributed by atoms with Crippen molar-refractivity contribution in [1.29, 1.82) is 0 Å². The van der Waals surface area contributed by atoms with Gasteiger partial charge in [-0.1, -0.05) is 25.5 Å². The van der Waals surface area contributed by atoms with Gasteiger partial charge in [0.15, 0.2) is 5.78 Å². The second-order valence-corrected chi connectivity index (χ2v) is 11.2. The third-order valence-electron chi connectivity index (χ3n) is 9.48. The van der Waals surface area contributed by atoms with Gasteiger partial charge in [-0.05, 0) is 91.0 Å². The number of esters is 1. The highest BCUT2D eigenvalue weighted by Gasteiger charge is 2.60. The van der Waals surface area contributed by atoms with Crippen LogP contribution in [0.25, 0.3) is 6.08 Å². The van der Waals surface area contributed by atoms with Gasteiger partial charge >= 0.3 is 5.97 Å². The molecule has 0 N–H and O–H groups in total. The fraction of sp³-hybridized carbons (Fsp3) is 0.571. The third kappa shape index (κ3) is 3.62. The average Bonchev–Trinajstić information content (AvgIpc) is 3.04. The molecule has 34 heavy (non-hydrogen) atoms. The Morgan fingerprint density at radius 2 is 1.79 bits per heavy atom. The zero-order valence-electron chi connectivity index (χ0n) is 20.2. The monoisotopic (exact) mass is 463 g/mol. The van der Waals surface area contributed by atoms with Crippen molar-refractivity contribution in [2.75, 3.05) is 0 Å². The highest BCUT2D eigenvalue weighted by molar-refractivity contribution is 6.06. The molecule has 3 fully saturated rings. The number of nitrogens with zero attached hydrogens (tertiary/aromatic N) is 1. The van der Waals surface area contributed by atoms with Crippen LogP contribution in [0.5, 0.6) is 0 Å². The zero-order valence-corrected chi connectivity index (χ0v) is 20.2. The molecule has 0 aromatic heterocycles. The Morgan fingerprint density at radius 1 is 1.09 bits per heavy atom. The van der Waals surface area contributed by atoms with E-state index in [9.17, 15) is 19.7 Å². The number of nitro benzene ring substituents is 1. The van der Waals surface area contributed by atoms with Gasteiger partial charge in [0.1, 0.15) is 6.10 Å². The van der Waals surface area contributed by atoms with Crippen molar-refractivity contribution >= 4 is 23.5 Å². The summed E-state index contributed by atoms with van der Waals surface area (Å²) in [6, 6.07) is 6.45. The Balaban J connectivity index is 1.40. The lowest BCUT2D eigenvalue weighted by atomic mass is 9.48. The molecule has 3 saturated carbocycles. The van der Waals surface area contributed by atoms with Crippen LogP contribution in [0.1, 0.15) is 71.3 Å². The van der Waals surface area contributed by atoms with E-state index in [0.717, 1.165) is 56.1 Å². The topological polar surface area (TPSA) is 86.5 Å². The first-order chi connectivity index (χ1) is 16.1. The van der Waals surface area contributed by atoms with Crippen LogP contribution >= 0.6 is 0 Å². The van der Waals surface area contributed by atoms with E-state index in [1.54, 1.807) is 12.1 Å². The molecule has 0 saturated heterocycles. The number of allylic oxidation sites excluding steroid dienone is 2. The molecule has 6 nitrogen and oxygen atoms in total. The predicted octanol–water partition coefficient (Wildman–Crippen LogP) is 6.05. The van der Waals surface area contributed by atoms with Crippen LogP contribution in [0.4, 0.5) is 5.69 Å². The van der Waals surface area contributed by atoms with Crippen molar-refractivity contribution in [1.82, 2.24) is 0 Å². The summed E-state index contributed by atoms with van der Waals surface area (Å²) in [5, 5.41) is 11.0. The number of ketones is 1. The molecule has 6 heteroatoms. The quantitative estimate of drug-likeness (QED) is 0.179. The minimum atomic E-state index is -0.404. The van der Waals surface area contributed by atoms with Gasteiger partial charge in [-0.3, -0.25) is 19.7 Å². The number of rotatable bonds is 3. The van der Waals surface area contributed by atoms with E-state index in [1.807, 2.05) is 6.08 Å². The van der Waals surface area contributed by atoms with Crippen LogP contribution in [0, 0.1) is 38.7 Å². The molecule has 6 atom stereocenters. The van der Waals surface area contributed by atoms with Crippen molar-refractivity contribution in [2.45, 2.75) is 71.8 Å². The molecule has 1 aromatic rings. The maximum absolute atomic E-state index is 13.6. The molecule has 6 unspecified atom stereocenters. The first-order valence-electron chi connectivity index (χ1n) is 12.5. The molecular weight excluding hydrogens is 430 g/mol. The Labute approximate surface area is 200 Å². The number of Topliss-reactive ketones (excluding diaryl/α,β-unsaturated/α-hetero) is 1. The normalized spacial score (nSPS) is 37.9. The summed E-state index contributed by atoms with van der Waals surface area (Å²) in [4.78, 5) is 35.6. The number of benzene rings is 1. The highest BCUT2D eigenvalue weighted by Crippen LogP contribution is 2.64. The first kappa shape index (κ1) is 23.0. The van der Waals surface area contributed by atoms with Crippen LogP contribution in [0.3, 0.4) is 0 Å². The minimum Gasteiger partial charge on any atom is -0.462 e. The highest BCUT2D eigenvalue weighted by atomic mass is 16.6. The lowest BCUT2D eigenvalue weighted by Crippen LogP contribution is -2.50. The molecule has 0 spiro atoms. The number of fused-ring (bicyclic) bond motifs is 5. The second-order valence-electron chi connectivity index (χ2n) is 11.2. The van der Waals surface area contributed by atoms with Gasteiger partial charge in [-0.25, -0.2) is 0 Å². The fourth-order valence-corrected chi connectivity index (χ4v) is 7.66. The van der Waals surface area contributed by atoms with E-state index in [-0.39, 0.29) is 34.4 Å². The Bertz CT molecular complexity index is 1100. The van der Waals surface area contributed by atoms with Crippen molar-refractivity contribution in [3.8, 4) is 0 Å². The summed E-state index contributed by atoms with van der Waals surface area (Å²) in [5.41, 5.74) is 3.00. The van der Waals surface area contributed by atoms with Crippen LogP contribution in [0.2, 0.25) is 0 Å².